The van der Waals surface area contributed by atoms with Crippen molar-refractivity contribution in [1.29, 1.82) is 0 Å². The summed E-state index contributed by atoms with van der Waals surface area (Å²) in [5.41, 5.74) is 2.89. The van der Waals surface area contributed by atoms with E-state index in [9.17, 15) is 14.0 Å². The van der Waals surface area contributed by atoms with Crippen molar-refractivity contribution in [3.63, 3.8) is 0 Å². The van der Waals surface area contributed by atoms with Gasteiger partial charge in [0.05, 0.1) is 32.7 Å². The van der Waals surface area contributed by atoms with Crippen LogP contribution in [0.5, 0.6) is 17.2 Å². The number of halogens is 1. The quantitative estimate of drug-likeness (QED) is 0.651. The Bertz CT molecular complexity index is 1170. The Morgan fingerprint density at radius 2 is 1.53 bits per heavy atom. The van der Waals surface area contributed by atoms with Crippen LogP contribution < -0.4 is 24.4 Å². The minimum atomic E-state index is -0.394. The molecule has 3 aromatic carbocycles. The van der Waals surface area contributed by atoms with E-state index in [1.165, 1.54) is 38.4 Å². The fourth-order valence-corrected chi connectivity index (χ4v) is 3.65. The molecule has 1 N–H and O–H groups in total. The van der Waals surface area contributed by atoms with Crippen molar-refractivity contribution in [3.05, 3.63) is 66.0 Å². The summed E-state index contributed by atoms with van der Waals surface area (Å²) in [4.78, 5) is 27.2. The van der Waals surface area contributed by atoms with Gasteiger partial charge < -0.3 is 19.5 Å². The van der Waals surface area contributed by atoms with Gasteiger partial charge in [0.15, 0.2) is 11.5 Å². The molecule has 3 aromatic rings. The van der Waals surface area contributed by atoms with E-state index in [1.54, 1.807) is 36.4 Å². The Balaban J connectivity index is 1.74. The number of methoxy groups -OCH3 is 3. The summed E-state index contributed by atoms with van der Waals surface area (Å²) in [6, 6.07) is 14.5. The van der Waals surface area contributed by atoms with Crippen LogP contribution in [0.4, 0.5) is 15.8 Å². The molecule has 0 atom stereocenters. The molecule has 2 amide bonds. The van der Waals surface area contributed by atoms with E-state index < -0.39 is 5.91 Å². The molecular formula is C24H21FN2O5. The van der Waals surface area contributed by atoms with Gasteiger partial charge in [-0.05, 0) is 47.5 Å². The number of fused-ring (bicyclic) bond motifs is 1. The maximum Gasteiger partial charge on any atom is 0.259 e. The van der Waals surface area contributed by atoms with Crippen molar-refractivity contribution in [2.45, 2.75) is 0 Å². The molecule has 0 unspecified atom stereocenters. The zero-order chi connectivity index (χ0) is 22.8. The predicted molar refractivity (Wildman–Crippen MR) is 118 cm³/mol. The first-order valence-electron chi connectivity index (χ1n) is 9.77. The van der Waals surface area contributed by atoms with Gasteiger partial charge in [0.25, 0.3) is 5.91 Å². The van der Waals surface area contributed by atoms with E-state index in [-0.39, 0.29) is 23.8 Å². The summed E-state index contributed by atoms with van der Waals surface area (Å²) in [5.74, 6) is -0.00840. The molecule has 164 valence electrons. The van der Waals surface area contributed by atoms with Gasteiger partial charge in [-0.15, -0.1) is 0 Å². The molecular weight excluding hydrogens is 415 g/mol. The number of nitrogens with zero attached hydrogens (tertiary/aromatic N) is 1. The molecule has 0 saturated carbocycles. The average Bonchev–Trinajstić information content (AvgIpc) is 2.82. The summed E-state index contributed by atoms with van der Waals surface area (Å²) < 4.78 is 29.2. The molecule has 8 heteroatoms. The Hall–Kier alpha value is -4.07. The second-order valence-electron chi connectivity index (χ2n) is 7.09. The molecule has 1 heterocycles. The summed E-state index contributed by atoms with van der Waals surface area (Å²) in [6.45, 7) is -0.140. The summed E-state index contributed by atoms with van der Waals surface area (Å²) in [7, 11) is 4.41. The lowest BCUT2D eigenvalue weighted by Gasteiger charge is -2.30. The highest BCUT2D eigenvalue weighted by Gasteiger charge is 2.29. The number of nitrogens with one attached hydrogen (secondary N) is 1. The SMILES string of the molecule is COc1cc(C(=O)N2CC(=O)Nc3cc(-c4ccc(F)cc4)ccc32)cc(OC)c1OC. The molecule has 0 radical (unpaired) electrons. The summed E-state index contributed by atoms with van der Waals surface area (Å²) >= 11 is 0. The standard InChI is InChI=1S/C24H21FN2O5/c1-30-20-11-16(12-21(31-2)23(20)32-3)24(29)27-13-22(28)26-18-10-15(6-9-19(18)27)14-4-7-17(25)8-5-14/h4-12H,13H2,1-3H3,(H,26,28). The van der Waals surface area contributed by atoms with Crippen molar-refractivity contribution in [3.8, 4) is 28.4 Å². The third kappa shape index (κ3) is 3.82. The van der Waals surface area contributed by atoms with Crippen LogP contribution in [0.15, 0.2) is 54.6 Å². The third-order valence-corrected chi connectivity index (χ3v) is 5.20. The zero-order valence-electron chi connectivity index (χ0n) is 17.8. The number of rotatable bonds is 5. The number of hydrogen-bond acceptors (Lipinski definition) is 5. The Labute approximate surface area is 184 Å². The number of carbonyl (C=O) groups is 2. The van der Waals surface area contributed by atoms with Crippen LogP contribution in [0, 0.1) is 5.82 Å². The van der Waals surface area contributed by atoms with Crippen molar-refractivity contribution >= 4 is 23.2 Å². The molecule has 0 spiro atoms. The van der Waals surface area contributed by atoms with Gasteiger partial charge in [-0.1, -0.05) is 18.2 Å². The smallest absolute Gasteiger partial charge is 0.259 e. The molecule has 32 heavy (non-hydrogen) atoms. The highest BCUT2D eigenvalue weighted by Crippen LogP contribution is 2.40. The number of carbonyl (C=O) groups excluding carboxylic acids is 2. The second kappa shape index (κ2) is 8.58. The van der Waals surface area contributed by atoms with Gasteiger partial charge in [0.1, 0.15) is 12.4 Å². The normalized spacial score (nSPS) is 12.6. The van der Waals surface area contributed by atoms with Crippen LogP contribution in [0.25, 0.3) is 11.1 Å². The van der Waals surface area contributed by atoms with Crippen molar-refractivity contribution < 1.29 is 28.2 Å². The molecule has 4 rings (SSSR count). The third-order valence-electron chi connectivity index (χ3n) is 5.20. The van der Waals surface area contributed by atoms with Gasteiger partial charge in [-0.3, -0.25) is 14.5 Å². The van der Waals surface area contributed by atoms with Gasteiger partial charge >= 0.3 is 0 Å². The van der Waals surface area contributed by atoms with E-state index in [4.69, 9.17) is 14.2 Å². The highest BCUT2D eigenvalue weighted by molar-refractivity contribution is 6.15. The number of benzene rings is 3. The fourth-order valence-electron chi connectivity index (χ4n) is 3.65. The molecule has 7 nitrogen and oxygen atoms in total. The molecule has 1 aliphatic heterocycles. The zero-order valence-corrected chi connectivity index (χ0v) is 17.8. The first-order valence-corrected chi connectivity index (χ1v) is 9.77. The average molecular weight is 436 g/mol. The first-order chi connectivity index (χ1) is 15.4. The van der Waals surface area contributed by atoms with E-state index >= 15 is 0 Å². The van der Waals surface area contributed by atoms with E-state index in [1.807, 2.05) is 6.07 Å². The van der Waals surface area contributed by atoms with Gasteiger partial charge in [-0.2, -0.15) is 0 Å². The van der Waals surface area contributed by atoms with Crippen LogP contribution in [0.2, 0.25) is 0 Å². The largest absolute Gasteiger partial charge is 0.493 e. The van der Waals surface area contributed by atoms with Crippen LogP contribution in [0.3, 0.4) is 0 Å². The van der Waals surface area contributed by atoms with Crippen LogP contribution in [-0.4, -0.2) is 39.7 Å². The maximum absolute atomic E-state index is 13.4. The van der Waals surface area contributed by atoms with Crippen LogP contribution in [0.1, 0.15) is 10.4 Å². The molecule has 0 aromatic heterocycles. The molecule has 0 bridgehead atoms. The maximum atomic E-state index is 13.4. The van der Waals surface area contributed by atoms with Crippen molar-refractivity contribution in [2.75, 3.05) is 38.1 Å². The van der Waals surface area contributed by atoms with E-state index in [0.29, 0.717) is 28.6 Å². The lowest BCUT2D eigenvalue weighted by atomic mass is 10.0. The van der Waals surface area contributed by atoms with Gasteiger partial charge in [0, 0.05) is 5.56 Å². The lowest BCUT2D eigenvalue weighted by molar-refractivity contribution is -0.115. The second-order valence-corrected chi connectivity index (χ2v) is 7.09. The van der Waals surface area contributed by atoms with Gasteiger partial charge in [-0.25, -0.2) is 4.39 Å². The Morgan fingerprint density at radius 1 is 0.906 bits per heavy atom. The fraction of sp³-hybridized carbons (Fsp3) is 0.167. The number of amides is 2. The lowest BCUT2D eigenvalue weighted by Crippen LogP contribution is -2.42. The van der Waals surface area contributed by atoms with Crippen LogP contribution >= 0.6 is 0 Å². The molecule has 0 saturated heterocycles. The predicted octanol–water partition coefficient (Wildman–Crippen LogP) is 4.12. The first kappa shape index (κ1) is 21.2. The number of ether oxygens (including phenoxy) is 3. The highest BCUT2D eigenvalue weighted by atomic mass is 19.1. The van der Waals surface area contributed by atoms with Gasteiger partial charge in [0.2, 0.25) is 11.7 Å². The summed E-state index contributed by atoms with van der Waals surface area (Å²) in [5, 5.41) is 2.80. The topological polar surface area (TPSA) is 77.1 Å². The Morgan fingerprint density at radius 3 is 2.12 bits per heavy atom. The molecule has 0 fully saturated rings. The monoisotopic (exact) mass is 436 g/mol. The van der Waals surface area contributed by atoms with Crippen LogP contribution in [-0.2, 0) is 4.79 Å². The number of anilines is 2. The van der Waals surface area contributed by atoms with Crippen molar-refractivity contribution in [1.82, 2.24) is 0 Å². The molecule has 0 aliphatic carbocycles. The van der Waals surface area contributed by atoms with E-state index in [0.717, 1.165) is 11.1 Å². The Kier molecular flexibility index (Phi) is 5.68. The number of hydrogen-bond donors (Lipinski definition) is 1. The minimum absolute atomic E-state index is 0.140. The van der Waals surface area contributed by atoms with E-state index in [2.05, 4.69) is 5.32 Å². The van der Waals surface area contributed by atoms with Crippen molar-refractivity contribution in [2.24, 2.45) is 0 Å². The molecule has 1 aliphatic rings. The summed E-state index contributed by atoms with van der Waals surface area (Å²) in [6.07, 6.45) is 0. The minimum Gasteiger partial charge on any atom is -0.493 e.